The van der Waals surface area contributed by atoms with Crippen LogP contribution in [0.3, 0.4) is 0 Å². The first-order valence-electron chi connectivity index (χ1n) is 6.34. The van der Waals surface area contributed by atoms with Gasteiger partial charge in [0.2, 0.25) is 5.91 Å². The molecule has 1 aromatic carbocycles. The number of amides is 1. The molecule has 0 aliphatic carbocycles. The van der Waals surface area contributed by atoms with Crippen molar-refractivity contribution in [3.8, 4) is 0 Å². The molecule has 1 N–H and O–H groups in total. The third-order valence-electron chi connectivity index (χ3n) is 2.67. The van der Waals surface area contributed by atoms with E-state index in [2.05, 4.69) is 12.2 Å². The molecule has 5 heteroatoms. The van der Waals surface area contributed by atoms with Gasteiger partial charge in [0.05, 0.1) is 5.75 Å². The van der Waals surface area contributed by atoms with Gasteiger partial charge in [-0.25, -0.2) is 4.39 Å². The van der Waals surface area contributed by atoms with E-state index < -0.39 is 0 Å². The molecule has 0 fully saturated rings. The topological polar surface area (TPSA) is 29.1 Å². The molecule has 1 amide bonds. The van der Waals surface area contributed by atoms with Crippen molar-refractivity contribution in [1.82, 2.24) is 5.32 Å². The molecule has 0 unspecified atom stereocenters. The van der Waals surface area contributed by atoms with Crippen LogP contribution in [0.5, 0.6) is 0 Å². The van der Waals surface area contributed by atoms with Crippen molar-refractivity contribution in [2.24, 2.45) is 0 Å². The van der Waals surface area contributed by atoms with Gasteiger partial charge in [-0.15, -0.1) is 11.8 Å². The first kappa shape index (κ1) is 16.3. The van der Waals surface area contributed by atoms with E-state index in [1.165, 1.54) is 17.8 Å². The van der Waals surface area contributed by atoms with Gasteiger partial charge >= 0.3 is 0 Å². The van der Waals surface area contributed by atoms with Gasteiger partial charge in [0.1, 0.15) is 5.82 Å². The smallest absolute Gasteiger partial charge is 0.230 e. The molecule has 1 rings (SSSR count). The zero-order chi connectivity index (χ0) is 14.3. The molecule has 2 nitrogen and oxygen atoms in total. The number of halogens is 2. The van der Waals surface area contributed by atoms with E-state index in [1.807, 2.05) is 6.92 Å². The third kappa shape index (κ3) is 5.83. The number of carbonyl (C=O) groups excluding carboxylic acids is 1. The molecule has 0 aromatic heterocycles. The van der Waals surface area contributed by atoms with Crippen LogP contribution in [0.2, 0.25) is 5.02 Å². The predicted octanol–water partition coefficient (Wildman–Crippen LogP) is 4.02. The van der Waals surface area contributed by atoms with Crippen molar-refractivity contribution < 1.29 is 9.18 Å². The number of carbonyl (C=O) groups is 1. The number of hydrogen-bond donors (Lipinski definition) is 1. The van der Waals surface area contributed by atoms with E-state index in [0.717, 1.165) is 12.8 Å². The third-order valence-corrected chi connectivity index (χ3v) is 3.98. The molecule has 0 heterocycles. The minimum atomic E-state index is -0.320. The first-order valence-corrected chi connectivity index (χ1v) is 7.87. The van der Waals surface area contributed by atoms with Crippen molar-refractivity contribution in [3.05, 3.63) is 34.6 Å². The zero-order valence-electron chi connectivity index (χ0n) is 11.2. The molecule has 0 radical (unpaired) electrons. The number of hydrogen-bond acceptors (Lipinski definition) is 2. The highest BCUT2D eigenvalue weighted by Gasteiger charge is 2.10. The van der Waals surface area contributed by atoms with Gasteiger partial charge in [-0.05, 0) is 25.5 Å². The van der Waals surface area contributed by atoms with Crippen LogP contribution in [0, 0.1) is 5.82 Å². The predicted molar refractivity (Wildman–Crippen MR) is 80.1 cm³/mol. The SMILES string of the molecule is CCC[C@@H](C)NC(=O)CSCc1c(F)cccc1Cl. The summed E-state index contributed by atoms with van der Waals surface area (Å²) in [5.41, 5.74) is 0.462. The van der Waals surface area contributed by atoms with E-state index in [1.54, 1.807) is 12.1 Å². The van der Waals surface area contributed by atoms with Crippen molar-refractivity contribution in [1.29, 1.82) is 0 Å². The normalized spacial score (nSPS) is 12.2. The average molecular weight is 304 g/mol. The number of benzene rings is 1. The summed E-state index contributed by atoms with van der Waals surface area (Å²) in [6, 6.07) is 4.80. The molecule has 19 heavy (non-hydrogen) atoms. The van der Waals surface area contributed by atoms with Gasteiger partial charge in [-0.2, -0.15) is 0 Å². The summed E-state index contributed by atoms with van der Waals surface area (Å²) in [5.74, 6) is 0.387. The van der Waals surface area contributed by atoms with E-state index in [4.69, 9.17) is 11.6 Å². The Bertz CT molecular complexity index is 408. The maximum Gasteiger partial charge on any atom is 0.230 e. The number of rotatable bonds is 7. The summed E-state index contributed by atoms with van der Waals surface area (Å²) < 4.78 is 13.5. The fourth-order valence-electron chi connectivity index (χ4n) is 1.74. The van der Waals surface area contributed by atoms with E-state index >= 15 is 0 Å². The van der Waals surface area contributed by atoms with Crippen LogP contribution in [0.4, 0.5) is 4.39 Å². The average Bonchev–Trinajstić information content (AvgIpc) is 2.33. The quantitative estimate of drug-likeness (QED) is 0.824. The van der Waals surface area contributed by atoms with Crippen LogP contribution >= 0.6 is 23.4 Å². The lowest BCUT2D eigenvalue weighted by Crippen LogP contribution is -2.33. The maximum atomic E-state index is 13.5. The van der Waals surface area contributed by atoms with Gasteiger partial charge in [-0.3, -0.25) is 4.79 Å². The molecular formula is C14H19ClFNOS. The Hall–Kier alpha value is -0.740. The second-order valence-corrected chi connectivity index (χ2v) is 5.84. The number of nitrogens with one attached hydrogen (secondary N) is 1. The van der Waals surface area contributed by atoms with Crippen LogP contribution in [-0.2, 0) is 10.5 Å². The minimum absolute atomic E-state index is 0.0154. The largest absolute Gasteiger partial charge is 0.353 e. The van der Waals surface area contributed by atoms with Gasteiger partial charge in [-0.1, -0.05) is 31.0 Å². The highest BCUT2D eigenvalue weighted by molar-refractivity contribution is 7.99. The molecule has 1 atom stereocenters. The lowest BCUT2D eigenvalue weighted by atomic mass is 10.2. The Morgan fingerprint density at radius 2 is 2.26 bits per heavy atom. The molecular weight excluding hydrogens is 285 g/mol. The van der Waals surface area contributed by atoms with Crippen molar-refractivity contribution in [3.63, 3.8) is 0 Å². The van der Waals surface area contributed by atoms with Crippen LogP contribution in [0.25, 0.3) is 0 Å². The van der Waals surface area contributed by atoms with Crippen LogP contribution < -0.4 is 5.32 Å². The Kier molecular flexibility index (Phi) is 7.24. The molecule has 0 aliphatic rings. The Balaban J connectivity index is 2.36. The fourth-order valence-corrected chi connectivity index (χ4v) is 2.92. The zero-order valence-corrected chi connectivity index (χ0v) is 12.8. The highest BCUT2D eigenvalue weighted by atomic mass is 35.5. The summed E-state index contributed by atoms with van der Waals surface area (Å²) in [4.78, 5) is 11.6. The first-order chi connectivity index (χ1) is 9.04. The Morgan fingerprint density at radius 3 is 2.89 bits per heavy atom. The second-order valence-electron chi connectivity index (χ2n) is 4.45. The van der Waals surface area contributed by atoms with Crippen LogP contribution in [0.1, 0.15) is 32.3 Å². The van der Waals surface area contributed by atoms with E-state index in [-0.39, 0.29) is 17.8 Å². The molecule has 1 aromatic rings. The summed E-state index contributed by atoms with van der Waals surface area (Å²) >= 11 is 7.28. The summed E-state index contributed by atoms with van der Waals surface area (Å²) in [5, 5.41) is 3.32. The summed E-state index contributed by atoms with van der Waals surface area (Å²) in [6.07, 6.45) is 2.01. The fraction of sp³-hybridized carbons (Fsp3) is 0.500. The molecule has 0 aliphatic heterocycles. The van der Waals surface area contributed by atoms with Crippen LogP contribution in [0.15, 0.2) is 18.2 Å². The highest BCUT2D eigenvalue weighted by Crippen LogP contribution is 2.23. The lowest BCUT2D eigenvalue weighted by molar-refractivity contribution is -0.119. The van der Waals surface area contributed by atoms with E-state index in [9.17, 15) is 9.18 Å². The standard InChI is InChI=1S/C14H19ClFNOS/c1-3-5-10(2)17-14(18)9-19-8-11-12(15)6-4-7-13(11)16/h4,6-7,10H,3,5,8-9H2,1-2H3,(H,17,18)/t10-/m1/s1. The Morgan fingerprint density at radius 1 is 1.53 bits per heavy atom. The lowest BCUT2D eigenvalue weighted by Gasteiger charge is -2.12. The molecule has 0 saturated carbocycles. The second kappa shape index (κ2) is 8.43. The minimum Gasteiger partial charge on any atom is -0.353 e. The van der Waals surface area contributed by atoms with E-state index in [0.29, 0.717) is 22.1 Å². The van der Waals surface area contributed by atoms with Gasteiger partial charge in [0, 0.05) is 22.4 Å². The van der Waals surface area contributed by atoms with Crippen molar-refractivity contribution >= 4 is 29.3 Å². The molecule has 0 saturated heterocycles. The van der Waals surface area contributed by atoms with Crippen molar-refractivity contribution in [2.75, 3.05) is 5.75 Å². The Labute approximate surface area is 123 Å². The maximum absolute atomic E-state index is 13.5. The molecule has 0 spiro atoms. The van der Waals surface area contributed by atoms with Crippen molar-refractivity contribution in [2.45, 2.75) is 38.5 Å². The summed E-state index contributed by atoms with van der Waals surface area (Å²) in [7, 11) is 0. The molecule has 0 bridgehead atoms. The van der Waals surface area contributed by atoms with Gasteiger partial charge < -0.3 is 5.32 Å². The number of thioether (sulfide) groups is 1. The summed E-state index contributed by atoms with van der Waals surface area (Å²) in [6.45, 7) is 4.07. The monoisotopic (exact) mass is 303 g/mol. The van der Waals surface area contributed by atoms with Gasteiger partial charge in [0.25, 0.3) is 0 Å². The molecule has 106 valence electrons. The van der Waals surface area contributed by atoms with Crippen LogP contribution in [-0.4, -0.2) is 17.7 Å². The van der Waals surface area contributed by atoms with Gasteiger partial charge in [0.15, 0.2) is 0 Å².